The highest BCUT2D eigenvalue weighted by atomic mass is 32.2. The summed E-state index contributed by atoms with van der Waals surface area (Å²) in [5, 5.41) is 4.72. The van der Waals surface area contributed by atoms with E-state index in [1.165, 1.54) is 10.6 Å². The van der Waals surface area contributed by atoms with E-state index in [1.54, 1.807) is 0 Å². The van der Waals surface area contributed by atoms with Crippen LogP contribution in [0.5, 0.6) is 0 Å². The second-order valence-electron chi connectivity index (χ2n) is 6.48. The average molecular weight is 316 g/mol. The van der Waals surface area contributed by atoms with Crippen LogP contribution < -0.4 is 10.2 Å². The maximum atomic E-state index is 4.86. The zero-order valence-corrected chi connectivity index (χ0v) is 15.5. The lowest BCUT2D eigenvalue weighted by Crippen LogP contribution is -2.35. The SMILES string of the molecule is CSCCN(C)c1nc(C(C)C)c(CNC(C)(C)C)s1. The van der Waals surface area contributed by atoms with Gasteiger partial charge in [-0.3, -0.25) is 0 Å². The minimum atomic E-state index is 0.142. The van der Waals surface area contributed by atoms with E-state index in [2.05, 4.69) is 58.1 Å². The number of thiazole rings is 1. The van der Waals surface area contributed by atoms with Gasteiger partial charge in [-0.15, -0.1) is 11.3 Å². The Morgan fingerprint density at radius 2 is 2.00 bits per heavy atom. The van der Waals surface area contributed by atoms with Crippen molar-refractivity contribution in [1.29, 1.82) is 0 Å². The van der Waals surface area contributed by atoms with Gasteiger partial charge in [-0.2, -0.15) is 11.8 Å². The molecule has 0 aromatic carbocycles. The average Bonchev–Trinajstić information content (AvgIpc) is 2.77. The fraction of sp³-hybridized carbons (Fsp3) is 0.800. The molecular weight excluding hydrogens is 286 g/mol. The molecule has 0 amide bonds. The Morgan fingerprint density at radius 3 is 2.50 bits per heavy atom. The molecule has 1 N–H and O–H groups in total. The molecule has 0 spiro atoms. The highest BCUT2D eigenvalue weighted by Gasteiger charge is 2.18. The van der Waals surface area contributed by atoms with E-state index >= 15 is 0 Å². The highest BCUT2D eigenvalue weighted by Crippen LogP contribution is 2.30. The summed E-state index contributed by atoms with van der Waals surface area (Å²) < 4.78 is 0. The molecule has 0 bridgehead atoms. The van der Waals surface area contributed by atoms with Gasteiger partial charge in [0.15, 0.2) is 5.13 Å². The van der Waals surface area contributed by atoms with E-state index in [1.807, 2.05) is 23.1 Å². The van der Waals surface area contributed by atoms with Crippen molar-refractivity contribution in [3.8, 4) is 0 Å². The first-order chi connectivity index (χ1) is 9.24. The predicted octanol–water partition coefficient (Wildman–Crippen LogP) is 3.95. The summed E-state index contributed by atoms with van der Waals surface area (Å²) in [6.45, 7) is 13.0. The molecule has 20 heavy (non-hydrogen) atoms. The first-order valence-corrected chi connectivity index (χ1v) is 9.40. The van der Waals surface area contributed by atoms with Gasteiger partial charge in [-0.1, -0.05) is 13.8 Å². The lowest BCUT2D eigenvalue weighted by atomic mass is 10.1. The smallest absolute Gasteiger partial charge is 0.185 e. The number of thioether (sulfide) groups is 1. The van der Waals surface area contributed by atoms with E-state index in [0.717, 1.165) is 24.0 Å². The molecule has 0 aliphatic carbocycles. The number of nitrogens with zero attached hydrogens (tertiary/aromatic N) is 2. The number of rotatable bonds is 7. The van der Waals surface area contributed by atoms with Gasteiger partial charge in [0, 0.05) is 36.3 Å². The molecule has 0 aliphatic rings. The van der Waals surface area contributed by atoms with Gasteiger partial charge in [0.1, 0.15) is 0 Å². The van der Waals surface area contributed by atoms with Crippen molar-refractivity contribution in [2.45, 2.75) is 52.6 Å². The van der Waals surface area contributed by atoms with Crippen molar-refractivity contribution in [3.05, 3.63) is 10.6 Å². The Bertz CT molecular complexity index is 408. The molecule has 0 saturated heterocycles. The van der Waals surface area contributed by atoms with Crippen LogP contribution in [0.2, 0.25) is 0 Å². The third-order valence-corrected chi connectivity index (χ3v) is 4.78. The van der Waals surface area contributed by atoms with E-state index in [9.17, 15) is 0 Å². The first-order valence-electron chi connectivity index (χ1n) is 7.19. The zero-order valence-electron chi connectivity index (χ0n) is 13.9. The Kier molecular flexibility index (Phi) is 6.82. The van der Waals surface area contributed by atoms with Gasteiger partial charge < -0.3 is 10.2 Å². The molecule has 0 unspecified atom stereocenters. The van der Waals surface area contributed by atoms with Crippen molar-refractivity contribution in [2.24, 2.45) is 0 Å². The lowest BCUT2D eigenvalue weighted by molar-refractivity contribution is 0.425. The van der Waals surface area contributed by atoms with Gasteiger partial charge in [-0.25, -0.2) is 4.98 Å². The number of hydrogen-bond donors (Lipinski definition) is 1. The monoisotopic (exact) mass is 315 g/mol. The van der Waals surface area contributed by atoms with Crippen LogP contribution in [0, 0.1) is 0 Å². The summed E-state index contributed by atoms with van der Waals surface area (Å²) in [5.74, 6) is 1.62. The molecule has 1 rings (SSSR count). The van der Waals surface area contributed by atoms with Gasteiger partial charge in [0.2, 0.25) is 0 Å². The van der Waals surface area contributed by atoms with Crippen molar-refractivity contribution >= 4 is 28.2 Å². The van der Waals surface area contributed by atoms with E-state index < -0.39 is 0 Å². The van der Waals surface area contributed by atoms with E-state index in [0.29, 0.717) is 5.92 Å². The third-order valence-electron chi connectivity index (χ3n) is 3.00. The maximum Gasteiger partial charge on any atom is 0.185 e. The standard InChI is InChI=1S/C15H29N3S2/c1-11(2)13-12(10-16-15(3,4)5)20-14(17-13)18(6)8-9-19-7/h11,16H,8-10H2,1-7H3. The van der Waals surface area contributed by atoms with Gasteiger partial charge in [-0.05, 0) is 32.9 Å². The Labute approximate surface area is 132 Å². The molecule has 1 heterocycles. The molecule has 5 heteroatoms. The molecule has 1 aromatic heterocycles. The summed E-state index contributed by atoms with van der Waals surface area (Å²) in [6.07, 6.45) is 2.15. The number of aromatic nitrogens is 1. The van der Waals surface area contributed by atoms with Crippen LogP contribution in [0.4, 0.5) is 5.13 Å². The minimum absolute atomic E-state index is 0.142. The van der Waals surface area contributed by atoms with Crippen molar-refractivity contribution in [1.82, 2.24) is 10.3 Å². The summed E-state index contributed by atoms with van der Waals surface area (Å²) in [4.78, 5) is 8.51. The molecule has 0 fully saturated rings. The summed E-state index contributed by atoms with van der Waals surface area (Å²) in [6, 6.07) is 0. The quantitative estimate of drug-likeness (QED) is 0.824. The second-order valence-corrected chi connectivity index (χ2v) is 8.53. The van der Waals surface area contributed by atoms with Crippen LogP contribution in [0.3, 0.4) is 0 Å². The Balaban J connectivity index is 2.84. The van der Waals surface area contributed by atoms with Gasteiger partial charge >= 0.3 is 0 Å². The third kappa shape index (κ3) is 5.62. The summed E-state index contributed by atoms with van der Waals surface area (Å²) >= 11 is 3.71. The minimum Gasteiger partial charge on any atom is -0.350 e. The number of hydrogen-bond acceptors (Lipinski definition) is 5. The van der Waals surface area contributed by atoms with Crippen molar-refractivity contribution in [2.75, 3.05) is 30.5 Å². The molecule has 116 valence electrons. The topological polar surface area (TPSA) is 28.2 Å². The van der Waals surface area contributed by atoms with Crippen LogP contribution in [0.15, 0.2) is 0 Å². The van der Waals surface area contributed by atoms with Gasteiger partial charge in [0.25, 0.3) is 0 Å². The predicted molar refractivity (Wildman–Crippen MR) is 94.4 cm³/mol. The maximum absolute atomic E-state index is 4.86. The van der Waals surface area contributed by atoms with E-state index in [-0.39, 0.29) is 5.54 Å². The molecule has 0 atom stereocenters. The largest absolute Gasteiger partial charge is 0.350 e. The number of nitrogens with one attached hydrogen (secondary N) is 1. The van der Waals surface area contributed by atoms with Crippen molar-refractivity contribution < 1.29 is 0 Å². The molecule has 0 aliphatic heterocycles. The Morgan fingerprint density at radius 1 is 1.35 bits per heavy atom. The van der Waals surface area contributed by atoms with Crippen LogP contribution in [-0.4, -0.2) is 36.1 Å². The highest BCUT2D eigenvalue weighted by molar-refractivity contribution is 7.98. The second kappa shape index (κ2) is 7.66. The molecule has 0 saturated carbocycles. The zero-order chi connectivity index (χ0) is 15.3. The summed E-state index contributed by atoms with van der Waals surface area (Å²) in [5.41, 5.74) is 1.39. The summed E-state index contributed by atoms with van der Waals surface area (Å²) in [7, 11) is 2.14. The first kappa shape index (κ1) is 17.8. The molecule has 1 aromatic rings. The van der Waals surface area contributed by atoms with Crippen molar-refractivity contribution in [3.63, 3.8) is 0 Å². The normalized spacial score (nSPS) is 12.2. The van der Waals surface area contributed by atoms with Gasteiger partial charge in [0.05, 0.1) is 5.69 Å². The fourth-order valence-electron chi connectivity index (χ4n) is 1.76. The Hall–Kier alpha value is -0.260. The molecule has 3 nitrogen and oxygen atoms in total. The van der Waals surface area contributed by atoms with Crippen LogP contribution in [0.1, 0.15) is 51.1 Å². The lowest BCUT2D eigenvalue weighted by Gasteiger charge is -2.20. The van der Waals surface area contributed by atoms with Crippen LogP contribution in [0.25, 0.3) is 0 Å². The number of anilines is 1. The van der Waals surface area contributed by atoms with Crippen LogP contribution in [-0.2, 0) is 6.54 Å². The van der Waals surface area contributed by atoms with E-state index in [4.69, 9.17) is 4.98 Å². The van der Waals surface area contributed by atoms with Crippen LogP contribution >= 0.6 is 23.1 Å². The molecular formula is C15H29N3S2. The molecule has 0 radical (unpaired) electrons. The fourth-order valence-corrected chi connectivity index (χ4v) is 3.36.